The first-order chi connectivity index (χ1) is 5.63. The second kappa shape index (κ2) is 3.74. The van der Waals surface area contributed by atoms with Gasteiger partial charge in [-0.2, -0.15) is 0 Å². The Balaban J connectivity index is 2.68. The van der Waals surface area contributed by atoms with Crippen molar-refractivity contribution >= 4 is 0 Å². The Morgan fingerprint density at radius 2 is 2.25 bits per heavy atom. The van der Waals surface area contributed by atoms with Crippen LogP contribution in [-0.4, -0.2) is 17.8 Å². The van der Waals surface area contributed by atoms with Gasteiger partial charge in [0, 0.05) is 6.04 Å². The van der Waals surface area contributed by atoms with Crippen molar-refractivity contribution in [3.63, 3.8) is 0 Å². The number of aliphatic hydroxyl groups excluding tert-OH is 1. The van der Waals surface area contributed by atoms with Gasteiger partial charge in [-0.15, -0.1) is 0 Å². The molecule has 1 atom stereocenters. The molecule has 3 N–H and O–H groups in total. The molecule has 0 spiro atoms. The van der Waals surface area contributed by atoms with E-state index in [0.29, 0.717) is 6.42 Å². The Morgan fingerprint density at radius 1 is 1.58 bits per heavy atom. The van der Waals surface area contributed by atoms with E-state index < -0.39 is 0 Å². The second-order valence-electron chi connectivity index (χ2n) is 3.09. The lowest BCUT2D eigenvalue weighted by Gasteiger charge is -2.05. The first-order valence-corrected chi connectivity index (χ1v) is 4.06. The summed E-state index contributed by atoms with van der Waals surface area (Å²) >= 11 is 0. The van der Waals surface area contributed by atoms with Crippen molar-refractivity contribution < 1.29 is 9.52 Å². The second-order valence-corrected chi connectivity index (χ2v) is 3.09. The lowest BCUT2D eigenvalue weighted by Crippen LogP contribution is -2.26. The van der Waals surface area contributed by atoms with E-state index in [0.717, 1.165) is 17.1 Å². The minimum Gasteiger partial charge on any atom is -0.466 e. The molecule has 1 heterocycles. The lowest BCUT2D eigenvalue weighted by atomic mass is 10.1. The first-order valence-electron chi connectivity index (χ1n) is 4.06. The molecule has 0 aliphatic rings. The largest absolute Gasteiger partial charge is 0.466 e. The van der Waals surface area contributed by atoms with Gasteiger partial charge in [0.2, 0.25) is 0 Å². The Morgan fingerprint density at radius 3 is 2.67 bits per heavy atom. The summed E-state index contributed by atoms with van der Waals surface area (Å²) in [6.07, 6.45) is 0.680. The maximum absolute atomic E-state index is 8.74. The average Bonchev–Trinajstić information content (AvgIpc) is 2.30. The summed E-state index contributed by atoms with van der Waals surface area (Å²) in [6.45, 7) is 3.83. The van der Waals surface area contributed by atoms with Gasteiger partial charge in [-0.3, -0.25) is 0 Å². The van der Waals surface area contributed by atoms with Crippen LogP contribution in [0.4, 0.5) is 0 Å². The Hall–Kier alpha value is -0.800. The highest BCUT2D eigenvalue weighted by Gasteiger charge is 2.08. The van der Waals surface area contributed by atoms with Crippen LogP contribution in [0.15, 0.2) is 10.5 Å². The molecule has 3 heteroatoms. The van der Waals surface area contributed by atoms with Crippen molar-refractivity contribution in [1.29, 1.82) is 0 Å². The maximum atomic E-state index is 8.74. The molecule has 3 nitrogen and oxygen atoms in total. The van der Waals surface area contributed by atoms with Gasteiger partial charge >= 0.3 is 0 Å². The molecule has 0 bridgehead atoms. The van der Waals surface area contributed by atoms with Crippen LogP contribution in [0.25, 0.3) is 0 Å². The van der Waals surface area contributed by atoms with E-state index >= 15 is 0 Å². The fraction of sp³-hybridized carbons (Fsp3) is 0.556. The van der Waals surface area contributed by atoms with Gasteiger partial charge in [0.05, 0.1) is 6.61 Å². The molecule has 0 aliphatic carbocycles. The van der Waals surface area contributed by atoms with Gasteiger partial charge in [0.25, 0.3) is 0 Å². The molecule has 68 valence electrons. The molecule has 1 aromatic rings. The number of hydrogen-bond donors (Lipinski definition) is 2. The topological polar surface area (TPSA) is 59.4 Å². The molecule has 0 radical (unpaired) electrons. The number of hydrogen-bond acceptors (Lipinski definition) is 3. The fourth-order valence-corrected chi connectivity index (χ4v) is 1.23. The third-order valence-electron chi connectivity index (χ3n) is 1.86. The van der Waals surface area contributed by atoms with Crippen LogP contribution in [0.1, 0.15) is 17.1 Å². The number of aryl methyl sites for hydroxylation is 2. The summed E-state index contributed by atoms with van der Waals surface area (Å²) in [5.74, 6) is 1.80. The predicted molar refractivity (Wildman–Crippen MR) is 46.9 cm³/mol. The third kappa shape index (κ3) is 2.09. The molecule has 0 saturated heterocycles. The zero-order chi connectivity index (χ0) is 9.14. The van der Waals surface area contributed by atoms with Gasteiger partial charge in [0.1, 0.15) is 11.5 Å². The third-order valence-corrected chi connectivity index (χ3v) is 1.86. The summed E-state index contributed by atoms with van der Waals surface area (Å²) in [5, 5.41) is 8.74. The molecular formula is C9H15NO2. The molecule has 1 rings (SSSR count). The smallest absolute Gasteiger partial charge is 0.104 e. The zero-order valence-corrected chi connectivity index (χ0v) is 7.50. The van der Waals surface area contributed by atoms with E-state index in [9.17, 15) is 0 Å². The van der Waals surface area contributed by atoms with Gasteiger partial charge in [0.15, 0.2) is 0 Å². The number of rotatable bonds is 3. The van der Waals surface area contributed by atoms with E-state index in [1.807, 2.05) is 19.9 Å². The van der Waals surface area contributed by atoms with Gasteiger partial charge in [-0.25, -0.2) is 0 Å². The quantitative estimate of drug-likeness (QED) is 0.702. The SMILES string of the molecule is Cc1cc(CC(N)CO)c(C)o1. The van der Waals surface area contributed by atoms with Crippen LogP contribution >= 0.6 is 0 Å². The van der Waals surface area contributed by atoms with E-state index in [2.05, 4.69) is 0 Å². The molecule has 0 aromatic carbocycles. The van der Waals surface area contributed by atoms with Crippen molar-refractivity contribution in [3.8, 4) is 0 Å². The minimum absolute atomic E-state index is 0.0175. The molecule has 12 heavy (non-hydrogen) atoms. The van der Waals surface area contributed by atoms with Gasteiger partial charge < -0.3 is 15.3 Å². The van der Waals surface area contributed by atoms with Crippen LogP contribution in [0.5, 0.6) is 0 Å². The molecule has 1 unspecified atom stereocenters. The van der Waals surface area contributed by atoms with Crippen molar-refractivity contribution in [2.45, 2.75) is 26.3 Å². The van der Waals surface area contributed by atoms with Crippen LogP contribution in [0, 0.1) is 13.8 Å². The number of furan rings is 1. The van der Waals surface area contributed by atoms with Crippen LogP contribution in [-0.2, 0) is 6.42 Å². The summed E-state index contributed by atoms with van der Waals surface area (Å²) in [4.78, 5) is 0. The average molecular weight is 169 g/mol. The highest BCUT2D eigenvalue weighted by atomic mass is 16.3. The van der Waals surface area contributed by atoms with Crippen molar-refractivity contribution in [2.24, 2.45) is 5.73 Å². The Labute approximate surface area is 72.2 Å². The van der Waals surface area contributed by atoms with Crippen molar-refractivity contribution in [2.75, 3.05) is 6.61 Å². The van der Waals surface area contributed by atoms with Crippen LogP contribution < -0.4 is 5.73 Å². The van der Waals surface area contributed by atoms with E-state index in [-0.39, 0.29) is 12.6 Å². The first kappa shape index (κ1) is 9.29. The summed E-state index contributed by atoms with van der Waals surface area (Å²) in [6, 6.07) is 1.78. The molecular weight excluding hydrogens is 154 g/mol. The van der Waals surface area contributed by atoms with Gasteiger partial charge in [-0.05, 0) is 31.9 Å². The van der Waals surface area contributed by atoms with Gasteiger partial charge in [-0.1, -0.05) is 0 Å². The van der Waals surface area contributed by atoms with E-state index in [1.54, 1.807) is 0 Å². The van der Waals surface area contributed by atoms with Crippen LogP contribution in [0.3, 0.4) is 0 Å². The molecule has 0 fully saturated rings. The van der Waals surface area contributed by atoms with E-state index in [4.69, 9.17) is 15.3 Å². The van der Waals surface area contributed by atoms with E-state index in [1.165, 1.54) is 0 Å². The molecule has 0 aliphatic heterocycles. The fourth-order valence-electron chi connectivity index (χ4n) is 1.23. The summed E-state index contributed by atoms with van der Waals surface area (Å²) < 4.78 is 5.32. The molecule has 1 aromatic heterocycles. The highest BCUT2D eigenvalue weighted by molar-refractivity contribution is 5.21. The van der Waals surface area contributed by atoms with Crippen molar-refractivity contribution in [3.05, 3.63) is 23.2 Å². The summed E-state index contributed by atoms with van der Waals surface area (Å²) in [7, 11) is 0. The molecule has 0 saturated carbocycles. The standard InChI is InChI=1S/C9H15NO2/c1-6-3-8(7(2)12-6)4-9(10)5-11/h3,9,11H,4-5,10H2,1-2H3. The summed E-state index contributed by atoms with van der Waals surface area (Å²) in [5.41, 5.74) is 6.68. The zero-order valence-electron chi connectivity index (χ0n) is 7.50. The van der Waals surface area contributed by atoms with Crippen molar-refractivity contribution in [1.82, 2.24) is 0 Å². The normalized spacial score (nSPS) is 13.3. The lowest BCUT2D eigenvalue weighted by molar-refractivity contribution is 0.265. The number of aliphatic hydroxyl groups is 1. The highest BCUT2D eigenvalue weighted by Crippen LogP contribution is 2.14. The Bertz CT molecular complexity index is 255. The minimum atomic E-state index is -0.180. The maximum Gasteiger partial charge on any atom is 0.104 e. The number of nitrogens with two attached hydrogens (primary N) is 1. The van der Waals surface area contributed by atoms with Crippen LogP contribution in [0.2, 0.25) is 0 Å². The molecule has 0 amide bonds. The monoisotopic (exact) mass is 169 g/mol. The Kier molecular flexibility index (Phi) is 2.89. The predicted octanol–water partition coefficient (Wildman–Crippen LogP) is 0.759.